The van der Waals surface area contributed by atoms with Crippen molar-refractivity contribution in [1.29, 1.82) is 0 Å². The van der Waals surface area contributed by atoms with E-state index in [2.05, 4.69) is 131 Å². The van der Waals surface area contributed by atoms with Crippen LogP contribution in [0.15, 0.2) is 136 Å². The number of para-hydroxylation sites is 2. The molecule has 0 radical (unpaired) electrons. The van der Waals surface area contributed by atoms with Gasteiger partial charge in [-0.2, -0.15) is 0 Å². The molecule has 0 saturated carbocycles. The average molecular weight is 577 g/mol. The molecular formula is C37H21BrO2. The first-order chi connectivity index (χ1) is 19.7. The van der Waals surface area contributed by atoms with Gasteiger partial charge in [0.25, 0.3) is 0 Å². The fourth-order valence-corrected chi connectivity index (χ4v) is 7.43. The van der Waals surface area contributed by atoms with Crippen molar-refractivity contribution in [3.8, 4) is 33.8 Å². The van der Waals surface area contributed by atoms with Crippen molar-refractivity contribution < 1.29 is 9.15 Å². The largest absolute Gasteiger partial charge is 0.453 e. The van der Waals surface area contributed by atoms with Crippen LogP contribution < -0.4 is 4.74 Å². The van der Waals surface area contributed by atoms with Crippen LogP contribution in [0.1, 0.15) is 22.3 Å². The first-order valence-corrected chi connectivity index (χ1v) is 14.3. The molecule has 0 amide bonds. The molecule has 9 rings (SSSR count). The second-order valence-electron chi connectivity index (χ2n) is 10.5. The fraction of sp³-hybridized carbons (Fsp3) is 0.0270. The Morgan fingerprint density at radius 2 is 1.18 bits per heavy atom. The third-order valence-electron chi connectivity index (χ3n) is 8.63. The molecule has 0 saturated heterocycles. The Labute approximate surface area is 239 Å². The summed E-state index contributed by atoms with van der Waals surface area (Å²) < 4.78 is 14.4. The lowest BCUT2D eigenvalue weighted by Gasteiger charge is -2.42. The van der Waals surface area contributed by atoms with Crippen molar-refractivity contribution in [1.82, 2.24) is 0 Å². The summed E-state index contributed by atoms with van der Waals surface area (Å²) in [6.07, 6.45) is 0. The van der Waals surface area contributed by atoms with Gasteiger partial charge in [-0.25, -0.2) is 0 Å². The predicted molar refractivity (Wildman–Crippen MR) is 164 cm³/mol. The Kier molecular flexibility index (Phi) is 4.43. The molecule has 1 unspecified atom stereocenters. The van der Waals surface area contributed by atoms with Crippen LogP contribution in [0.2, 0.25) is 0 Å². The van der Waals surface area contributed by atoms with Crippen molar-refractivity contribution in [3.05, 3.63) is 154 Å². The second-order valence-corrected chi connectivity index (χ2v) is 11.5. The van der Waals surface area contributed by atoms with Crippen LogP contribution in [0.25, 0.3) is 44.2 Å². The topological polar surface area (TPSA) is 22.4 Å². The summed E-state index contributed by atoms with van der Waals surface area (Å²) in [5.74, 6) is 1.62. The normalized spacial score (nSPS) is 16.4. The molecule has 1 aliphatic heterocycles. The molecule has 2 heterocycles. The molecule has 0 N–H and O–H groups in total. The lowest BCUT2D eigenvalue weighted by Crippen LogP contribution is -2.34. The zero-order chi connectivity index (χ0) is 26.4. The molecule has 0 fully saturated rings. The number of halogens is 1. The van der Waals surface area contributed by atoms with Gasteiger partial charge in [-0.3, -0.25) is 0 Å². The van der Waals surface area contributed by atoms with Crippen molar-refractivity contribution in [2.45, 2.75) is 5.41 Å². The van der Waals surface area contributed by atoms with Gasteiger partial charge >= 0.3 is 0 Å². The number of fused-ring (bicyclic) bond motifs is 15. The number of ether oxygens (including phenoxy) is 1. The molecule has 0 bridgehead atoms. The minimum absolute atomic E-state index is 0.647. The minimum Gasteiger partial charge on any atom is -0.453 e. The average Bonchev–Trinajstić information content (AvgIpc) is 3.35. The maximum atomic E-state index is 6.82. The van der Waals surface area contributed by atoms with Crippen molar-refractivity contribution in [2.75, 3.05) is 0 Å². The molecule has 3 heteroatoms. The van der Waals surface area contributed by atoms with Gasteiger partial charge in [0.15, 0.2) is 11.3 Å². The van der Waals surface area contributed by atoms with Gasteiger partial charge in [-0.05, 0) is 63.7 Å². The van der Waals surface area contributed by atoms with Gasteiger partial charge in [-0.1, -0.05) is 113 Å². The smallest absolute Gasteiger partial charge is 0.178 e. The molecule has 6 aromatic carbocycles. The highest BCUT2D eigenvalue weighted by atomic mass is 79.9. The molecule has 40 heavy (non-hydrogen) atoms. The number of furan rings is 1. The van der Waals surface area contributed by atoms with E-state index in [1.165, 1.54) is 33.4 Å². The number of benzene rings is 6. The zero-order valence-corrected chi connectivity index (χ0v) is 22.9. The first-order valence-electron chi connectivity index (χ1n) is 13.5. The zero-order valence-electron chi connectivity index (χ0n) is 21.3. The highest BCUT2D eigenvalue weighted by Gasteiger charge is 2.50. The van der Waals surface area contributed by atoms with Crippen molar-refractivity contribution in [3.63, 3.8) is 0 Å². The molecule has 2 aliphatic rings. The molecule has 1 atom stereocenters. The lowest BCUT2D eigenvalue weighted by atomic mass is 9.62. The Hall–Kier alpha value is -4.60. The summed E-state index contributed by atoms with van der Waals surface area (Å²) >= 11 is 3.84. The summed E-state index contributed by atoms with van der Waals surface area (Å²) in [6, 6.07) is 45.4. The molecule has 1 spiro atoms. The lowest BCUT2D eigenvalue weighted by molar-refractivity contribution is 0.431. The minimum atomic E-state index is -0.647. The maximum Gasteiger partial charge on any atom is 0.178 e. The first kappa shape index (κ1) is 22.2. The maximum absolute atomic E-state index is 6.82. The van der Waals surface area contributed by atoms with Crippen LogP contribution in [-0.2, 0) is 5.41 Å². The van der Waals surface area contributed by atoms with E-state index in [0.29, 0.717) is 0 Å². The standard InChI is InChI=1S/C37H21BrO2/c38-22-17-18-26-24-10-2-1-9-23(24)25-11-3-5-13-29(25)37(32(26)21-22)30-14-6-8-16-34(30)40-36-31(37)20-19-28-27-12-4-7-15-33(27)39-35(28)36/h1-21H. The Morgan fingerprint density at radius 3 is 2.02 bits per heavy atom. The molecule has 7 aromatic rings. The third kappa shape index (κ3) is 2.73. The fourth-order valence-electron chi connectivity index (χ4n) is 7.07. The predicted octanol–water partition coefficient (Wildman–Crippen LogP) is 10.5. The summed E-state index contributed by atoms with van der Waals surface area (Å²) in [5.41, 5.74) is 10.5. The number of hydrogen-bond acceptors (Lipinski definition) is 2. The van der Waals surface area contributed by atoms with Gasteiger partial charge in [0.1, 0.15) is 11.3 Å². The molecule has 2 nitrogen and oxygen atoms in total. The van der Waals surface area contributed by atoms with E-state index >= 15 is 0 Å². The summed E-state index contributed by atoms with van der Waals surface area (Å²) in [7, 11) is 0. The van der Waals surface area contributed by atoms with Crippen LogP contribution in [0.3, 0.4) is 0 Å². The van der Waals surface area contributed by atoms with Gasteiger partial charge < -0.3 is 9.15 Å². The monoisotopic (exact) mass is 576 g/mol. The van der Waals surface area contributed by atoms with E-state index in [1.807, 2.05) is 12.1 Å². The SMILES string of the molecule is Brc1ccc2c(c1)C1(c3ccccc3Oc3c1ccc1c3oc3ccccc31)c1ccccc1-c1ccccc1-2. The van der Waals surface area contributed by atoms with Gasteiger partial charge in [0, 0.05) is 26.4 Å². The highest BCUT2D eigenvalue weighted by molar-refractivity contribution is 9.10. The molecule has 188 valence electrons. The summed E-state index contributed by atoms with van der Waals surface area (Å²) in [5, 5.41) is 2.15. The van der Waals surface area contributed by atoms with Gasteiger partial charge in [0.2, 0.25) is 0 Å². The van der Waals surface area contributed by atoms with Crippen LogP contribution >= 0.6 is 15.9 Å². The van der Waals surface area contributed by atoms with E-state index in [9.17, 15) is 0 Å². The highest BCUT2D eigenvalue weighted by Crippen LogP contribution is 2.62. The number of hydrogen-bond donors (Lipinski definition) is 0. The van der Waals surface area contributed by atoms with Gasteiger partial charge in [0.05, 0.1) is 5.41 Å². The molecular weight excluding hydrogens is 556 g/mol. The van der Waals surface area contributed by atoms with E-state index in [1.54, 1.807) is 0 Å². The molecule has 1 aromatic heterocycles. The van der Waals surface area contributed by atoms with Crippen LogP contribution in [0.5, 0.6) is 11.5 Å². The summed E-state index contributed by atoms with van der Waals surface area (Å²) in [6.45, 7) is 0. The van der Waals surface area contributed by atoms with E-state index in [-0.39, 0.29) is 0 Å². The number of rotatable bonds is 0. The van der Waals surface area contributed by atoms with E-state index < -0.39 is 5.41 Å². The Morgan fingerprint density at radius 1 is 0.500 bits per heavy atom. The quantitative estimate of drug-likeness (QED) is 0.179. The second kappa shape index (κ2) is 7.97. The van der Waals surface area contributed by atoms with E-state index in [0.717, 1.165) is 49.0 Å². The van der Waals surface area contributed by atoms with Crippen molar-refractivity contribution >= 4 is 37.9 Å². The van der Waals surface area contributed by atoms with Crippen LogP contribution in [0, 0.1) is 0 Å². The third-order valence-corrected chi connectivity index (χ3v) is 9.13. The Balaban J connectivity index is 1.54. The summed E-state index contributed by atoms with van der Waals surface area (Å²) in [4.78, 5) is 0. The molecule has 1 aliphatic carbocycles. The van der Waals surface area contributed by atoms with Crippen LogP contribution in [0.4, 0.5) is 0 Å². The van der Waals surface area contributed by atoms with Crippen LogP contribution in [-0.4, -0.2) is 0 Å². The Bertz CT molecular complexity index is 2170. The van der Waals surface area contributed by atoms with E-state index in [4.69, 9.17) is 9.15 Å². The van der Waals surface area contributed by atoms with Gasteiger partial charge in [-0.15, -0.1) is 0 Å². The van der Waals surface area contributed by atoms with Crippen molar-refractivity contribution in [2.24, 2.45) is 0 Å².